The van der Waals surface area contributed by atoms with Crippen LogP contribution in [0.1, 0.15) is 0 Å². The molecule has 0 N–H and O–H groups in total. The molecule has 0 bridgehead atoms. The molecule has 3 aromatic carbocycles. The molecular weight excluding hydrogens is 404 g/mol. The van der Waals surface area contributed by atoms with Crippen molar-refractivity contribution in [3.05, 3.63) is 84.9 Å². The average Bonchev–Trinajstić information content (AvgIpc) is 2.87. The zero-order valence-corrected chi connectivity index (χ0v) is 17.9. The number of para-hydroxylation sites is 1. The molecule has 164 valence electrons. The van der Waals surface area contributed by atoms with Crippen molar-refractivity contribution in [3.63, 3.8) is 0 Å². The Bertz CT molecular complexity index is 1010. The predicted molar refractivity (Wildman–Crippen MR) is 122 cm³/mol. The average molecular weight is 431 g/mol. The summed E-state index contributed by atoms with van der Waals surface area (Å²) in [5, 5.41) is 0. The van der Waals surface area contributed by atoms with E-state index in [4.69, 9.17) is 9.47 Å². The first-order valence-corrected chi connectivity index (χ1v) is 10.7. The predicted octanol–water partition coefficient (Wildman–Crippen LogP) is 3.48. The van der Waals surface area contributed by atoms with Gasteiger partial charge in [0, 0.05) is 26.2 Å². The first kappa shape index (κ1) is 21.4. The molecule has 0 saturated carbocycles. The Morgan fingerprint density at radius 3 is 1.47 bits per heavy atom. The van der Waals surface area contributed by atoms with Gasteiger partial charge in [-0.15, -0.1) is 0 Å². The fraction of sp³-hybridized carbons (Fsp3) is 0.231. The lowest BCUT2D eigenvalue weighted by Gasteiger charge is -2.34. The van der Waals surface area contributed by atoms with E-state index in [1.165, 1.54) is 0 Å². The fourth-order valence-electron chi connectivity index (χ4n) is 3.57. The Morgan fingerprint density at radius 1 is 0.562 bits per heavy atom. The Balaban J connectivity index is 1.19. The van der Waals surface area contributed by atoms with Gasteiger partial charge < -0.3 is 19.3 Å². The van der Waals surface area contributed by atoms with E-state index >= 15 is 0 Å². The van der Waals surface area contributed by atoms with Gasteiger partial charge in [-0.2, -0.15) is 0 Å². The zero-order chi connectivity index (χ0) is 22.2. The van der Waals surface area contributed by atoms with Crippen molar-refractivity contribution in [2.24, 2.45) is 0 Å². The van der Waals surface area contributed by atoms with Gasteiger partial charge in [-0.25, -0.2) is 0 Å². The summed E-state index contributed by atoms with van der Waals surface area (Å²) in [6, 6.07) is 27.1. The number of carbonyl (C=O) groups is 2. The SMILES string of the molecule is O=C(COc1ccccc1)N1CCN(C(=O)COc2ccc(-c3ccccc3)cc2)CC1. The molecule has 0 atom stereocenters. The van der Waals surface area contributed by atoms with Gasteiger partial charge >= 0.3 is 0 Å². The van der Waals surface area contributed by atoms with Crippen molar-refractivity contribution in [2.45, 2.75) is 0 Å². The largest absolute Gasteiger partial charge is 0.484 e. The Morgan fingerprint density at radius 2 is 0.969 bits per heavy atom. The maximum atomic E-state index is 12.5. The molecule has 1 fully saturated rings. The van der Waals surface area contributed by atoms with Crippen LogP contribution < -0.4 is 9.47 Å². The summed E-state index contributed by atoms with van der Waals surface area (Å²) in [4.78, 5) is 28.3. The number of amides is 2. The van der Waals surface area contributed by atoms with Gasteiger partial charge in [0.1, 0.15) is 11.5 Å². The molecule has 1 heterocycles. The quantitative estimate of drug-likeness (QED) is 0.576. The van der Waals surface area contributed by atoms with E-state index in [9.17, 15) is 9.59 Å². The van der Waals surface area contributed by atoms with E-state index < -0.39 is 0 Å². The highest BCUT2D eigenvalue weighted by atomic mass is 16.5. The van der Waals surface area contributed by atoms with Crippen molar-refractivity contribution in [2.75, 3.05) is 39.4 Å². The molecule has 0 radical (unpaired) electrons. The molecule has 0 unspecified atom stereocenters. The lowest BCUT2D eigenvalue weighted by Crippen LogP contribution is -2.52. The van der Waals surface area contributed by atoms with E-state index in [2.05, 4.69) is 12.1 Å². The van der Waals surface area contributed by atoms with Gasteiger partial charge in [0.2, 0.25) is 0 Å². The zero-order valence-electron chi connectivity index (χ0n) is 17.9. The standard InChI is InChI=1S/C26H26N2O4/c29-25(19-31-23-9-5-2-6-10-23)27-15-17-28(18-16-27)26(30)20-32-24-13-11-22(12-14-24)21-7-3-1-4-8-21/h1-14H,15-20H2. The van der Waals surface area contributed by atoms with Crippen LogP contribution in [0.25, 0.3) is 11.1 Å². The van der Waals surface area contributed by atoms with Gasteiger partial charge in [-0.3, -0.25) is 9.59 Å². The van der Waals surface area contributed by atoms with Crippen LogP contribution in [0.2, 0.25) is 0 Å². The monoisotopic (exact) mass is 430 g/mol. The van der Waals surface area contributed by atoms with Crippen LogP contribution in [0.15, 0.2) is 84.9 Å². The molecule has 4 rings (SSSR count). The van der Waals surface area contributed by atoms with E-state index in [0.29, 0.717) is 37.7 Å². The Labute approximate surface area is 188 Å². The fourth-order valence-corrected chi connectivity index (χ4v) is 3.57. The second kappa shape index (κ2) is 10.5. The van der Waals surface area contributed by atoms with Crippen molar-refractivity contribution in [1.29, 1.82) is 0 Å². The number of nitrogens with zero attached hydrogens (tertiary/aromatic N) is 2. The van der Waals surface area contributed by atoms with Crippen LogP contribution in [-0.4, -0.2) is 61.0 Å². The first-order valence-electron chi connectivity index (χ1n) is 10.7. The summed E-state index contributed by atoms with van der Waals surface area (Å²) in [6.45, 7) is 1.96. The van der Waals surface area contributed by atoms with E-state index in [1.54, 1.807) is 9.80 Å². The molecule has 0 aromatic heterocycles. The summed E-state index contributed by atoms with van der Waals surface area (Å²) < 4.78 is 11.2. The van der Waals surface area contributed by atoms with Crippen LogP contribution in [0.3, 0.4) is 0 Å². The van der Waals surface area contributed by atoms with Gasteiger partial charge in [-0.05, 0) is 35.4 Å². The molecule has 32 heavy (non-hydrogen) atoms. The number of hydrogen-bond acceptors (Lipinski definition) is 4. The lowest BCUT2D eigenvalue weighted by molar-refractivity contribution is -0.141. The van der Waals surface area contributed by atoms with Gasteiger partial charge in [0.15, 0.2) is 13.2 Å². The molecule has 0 spiro atoms. The second-order valence-electron chi connectivity index (χ2n) is 7.54. The van der Waals surface area contributed by atoms with Gasteiger partial charge in [0.25, 0.3) is 11.8 Å². The number of hydrogen-bond donors (Lipinski definition) is 0. The normalized spacial score (nSPS) is 13.5. The first-order chi connectivity index (χ1) is 15.7. The van der Waals surface area contributed by atoms with Crippen molar-refractivity contribution < 1.29 is 19.1 Å². The third-order valence-corrected chi connectivity index (χ3v) is 5.41. The number of piperazine rings is 1. The number of carbonyl (C=O) groups excluding carboxylic acids is 2. The summed E-state index contributed by atoms with van der Waals surface area (Å²) in [6.07, 6.45) is 0. The van der Waals surface area contributed by atoms with E-state index in [1.807, 2.05) is 72.8 Å². The minimum Gasteiger partial charge on any atom is -0.484 e. The van der Waals surface area contributed by atoms with Crippen LogP contribution >= 0.6 is 0 Å². The lowest BCUT2D eigenvalue weighted by atomic mass is 10.1. The number of ether oxygens (including phenoxy) is 2. The summed E-state index contributed by atoms with van der Waals surface area (Å²) in [7, 11) is 0. The van der Waals surface area contributed by atoms with Crippen LogP contribution in [0, 0.1) is 0 Å². The maximum Gasteiger partial charge on any atom is 0.260 e. The molecule has 0 aliphatic carbocycles. The summed E-state index contributed by atoms with van der Waals surface area (Å²) >= 11 is 0. The minimum absolute atomic E-state index is 0.0000472. The molecule has 1 saturated heterocycles. The second-order valence-corrected chi connectivity index (χ2v) is 7.54. The highest BCUT2D eigenvalue weighted by Gasteiger charge is 2.24. The summed E-state index contributed by atoms with van der Waals surface area (Å²) in [5.74, 6) is 1.17. The molecular formula is C26H26N2O4. The molecule has 2 amide bonds. The molecule has 1 aliphatic rings. The highest BCUT2D eigenvalue weighted by Crippen LogP contribution is 2.22. The molecule has 3 aromatic rings. The van der Waals surface area contributed by atoms with Gasteiger partial charge in [-0.1, -0.05) is 60.7 Å². The molecule has 1 aliphatic heterocycles. The smallest absolute Gasteiger partial charge is 0.260 e. The van der Waals surface area contributed by atoms with Gasteiger partial charge in [0.05, 0.1) is 0 Å². The molecule has 6 nitrogen and oxygen atoms in total. The Hall–Kier alpha value is -3.80. The number of rotatable bonds is 7. The van der Waals surface area contributed by atoms with E-state index in [-0.39, 0.29) is 25.0 Å². The van der Waals surface area contributed by atoms with Crippen LogP contribution in [0.4, 0.5) is 0 Å². The minimum atomic E-state index is -0.0789. The third kappa shape index (κ3) is 5.66. The van der Waals surface area contributed by atoms with Crippen molar-refractivity contribution in [3.8, 4) is 22.6 Å². The van der Waals surface area contributed by atoms with Crippen molar-refractivity contribution >= 4 is 11.8 Å². The van der Waals surface area contributed by atoms with Crippen LogP contribution in [-0.2, 0) is 9.59 Å². The maximum absolute atomic E-state index is 12.5. The third-order valence-electron chi connectivity index (χ3n) is 5.41. The van der Waals surface area contributed by atoms with Crippen LogP contribution in [0.5, 0.6) is 11.5 Å². The molecule has 6 heteroatoms. The highest BCUT2D eigenvalue weighted by molar-refractivity contribution is 5.80. The topological polar surface area (TPSA) is 59.1 Å². The summed E-state index contributed by atoms with van der Waals surface area (Å²) in [5.41, 5.74) is 2.23. The van der Waals surface area contributed by atoms with E-state index in [0.717, 1.165) is 11.1 Å². The Kier molecular flexibility index (Phi) is 7.02. The number of benzene rings is 3. The van der Waals surface area contributed by atoms with Crippen molar-refractivity contribution in [1.82, 2.24) is 9.80 Å².